The number of ether oxygens (including phenoxy) is 1. The summed E-state index contributed by atoms with van der Waals surface area (Å²) in [7, 11) is 0. The summed E-state index contributed by atoms with van der Waals surface area (Å²) in [5.41, 5.74) is 0.726. The van der Waals surface area contributed by atoms with Crippen LogP contribution in [0.5, 0.6) is 0 Å². The minimum atomic E-state index is -0.170. The molecular weight excluding hydrogens is 250 g/mol. The molecule has 1 fully saturated rings. The molecular formula is C17H35NO2. The third-order valence-electron chi connectivity index (χ3n) is 3.58. The third kappa shape index (κ3) is 11.3. The highest BCUT2D eigenvalue weighted by atomic mass is 16.5. The van der Waals surface area contributed by atoms with Gasteiger partial charge in [0.1, 0.15) is 0 Å². The van der Waals surface area contributed by atoms with Crippen molar-refractivity contribution in [3.8, 4) is 0 Å². The van der Waals surface area contributed by atoms with Gasteiger partial charge in [-0.05, 0) is 53.4 Å². The fourth-order valence-electron chi connectivity index (χ4n) is 2.76. The lowest BCUT2D eigenvalue weighted by Gasteiger charge is -2.42. The maximum atomic E-state index is 10.3. The van der Waals surface area contributed by atoms with Crippen molar-refractivity contribution in [2.75, 3.05) is 6.61 Å². The van der Waals surface area contributed by atoms with Crippen molar-refractivity contribution in [3.05, 3.63) is 0 Å². The van der Waals surface area contributed by atoms with Crippen LogP contribution in [0.4, 0.5) is 0 Å². The molecule has 0 amide bonds. The maximum absolute atomic E-state index is 10.3. The van der Waals surface area contributed by atoms with Gasteiger partial charge in [0.15, 0.2) is 0 Å². The summed E-state index contributed by atoms with van der Waals surface area (Å²) in [6, 6.07) is 0. The maximum Gasteiger partial charge on any atom is 0.302 e. The molecule has 0 spiro atoms. The van der Waals surface area contributed by atoms with Crippen molar-refractivity contribution in [1.82, 2.24) is 5.32 Å². The van der Waals surface area contributed by atoms with E-state index in [1.54, 1.807) is 0 Å². The Morgan fingerprint density at radius 1 is 1.05 bits per heavy atom. The van der Waals surface area contributed by atoms with Crippen LogP contribution in [0.25, 0.3) is 0 Å². The van der Waals surface area contributed by atoms with E-state index in [1.807, 2.05) is 0 Å². The molecule has 1 saturated heterocycles. The van der Waals surface area contributed by atoms with Crippen molar-refractivity contribution in [2.24, 2.45) is 0 Å². The second kappa shape index (κ2) is 9.38. The van der Waals surface area contributed by atoms with Gasteiger partial charge in [-0.3, -0.25) is 4.79 Å². The molecule has 1 aliphatic rings. The zero-order valence-corrected chi connectivity index (χ0v) is 14.5. The first-order valence-corrected chi connectivity index (χ1v) is 8.11. The van der Waals surface area contributed by atoms with E-state index in [0.29, 0.717) is 17.7 Å². The van der Waals surface area contributed by atoms with Crippen LogP contribution in [0, 0.1) is 0 Å². The number of rotatable bonds is 5. The van der Waals surface area contributed by atoms with E-state index >= 15 is 0 Å². The van der Waals surface area contributed by atoms with E-state index in [1.165, 1.54) is 45.4 Å². The van der Waals surface area contributed by atoms with Gasteiger partial charge < -0.3 is 10.1 Å². The Balaban J connectivity index is 0.000000361. The fraction of sp³-hybridized carbons (Fsp3) is 0.941. The molecule has 0 aliphatic carbocycles. The summed E-state index contributed by atoms with van der Waals surface area (Å²) < 4.78 is 4.75. The summed E-state index contributed by atoms with van der Waals surface area (Å²) >= 11 is 0. The minimum absolute atomic E-state index is 0.170. The molecule has 1 aliphatic heterocycles. The van der Waals surface area contributed by atoms with Crippen LogP contribution in [0.2, 0.25) is 0 Å². The number of hydrogen-bond donors (Lipinski definition) is 1. The monoisotopic (exact) mass is 285 g/mol. The van der Waals surface area contributed by atoms with Crippen LogP contribution in [-0.2, 0) is 9.53 Å². The van der Waals surface area contributed by atoms with Crippen molar-refractivity contribution in [1.29, 1.82) is 0 Å². The van der Waals surface area contributed by atoms with Crippen LogP contribution in [0.3, 0.4) is 0 Å². The fourth-order valence-corrected chi connectivity index (χ4v) is 2.76. The SMILES string of the molecule is CC1(C)CCCC(C)(C)N1.CCCCCCOC(C)=O. The Bertz CT molecular complexity index is 258. The Kier molecular flexibility index (Phi) is 9.11. The molecule has 1 heterocycles. The van der Waals surface area contributed by atoms with Gasteiger partial charge in [0, 0.05) is 18.0 Å². The molecule has 0 aromatic rings. The highest BCUT2D eigenvalue weighted by Gasteiger charge is 2.31. The van der Waals surface area contributed by atoms with Gasteiger partial charge in [0.25, 0.3) is 0 Å². The van der Waals surface area contributed by atoms with Crippen LogP contribution < -0.4 is 5.32 Å². The van der Waals surface area contributed by atoms with Gasteiger partial charge in [-0.25, -0.2) is 0 Å². The van der Waals surface area contributed by atoms with Crippen LogP contribution in [0.1, 0.15) is 86.5 Å². The highest BCUT2D eigenvalue weighted by Crippen LogP contribution is 2.27. The zero-order valence-electron chi connectivity index (χ0n) is 14.5. The number of carbonyl (C=O) groups is 1. The first-order valence-electron chi connectivity index (χ1n) is 8.11. The van der Waals surface area contributed by atoms with Gasteiger partial charge in [-0.2, -0.15) is 0 Å². The quantitative estimate of drug-likeness (QED) is 0.599. The Morgan fingerprint density at radius 3 is 1.95 bits per heavy atom. The van der Waals surface area contributed by atoms with Gasteiger partial charge in [-0.1, -0.05) is 26.2 Å². The van der Waals surface area contributed by atoms with Crippen molar-refractivity contribution < 1.29 is 9.53 Å². The Hall–Kier alpha value is -0.570. The first-order chi connectivity index (χ1) is 9.18. The van der Waals surface area contributed by atoms with E-state index < -0.39 is 0 Å². The molecule has 3 nitrogen and oxygen atoms in total. The molecule has 20 heavy (non-hydrogen) atoms. The van der Waals surface area contributed by atoms with E-state index in [0.717, 1.165) is 6.42 Å². The summed E-state index contributed by atoms with van der Waals surface area (Å²) in [5.74, 6) is -0.170. The molecule has 3 heteroatoms. The lowest BCUT2D eigenvalue weighted by molar-refractivity contribution is -0.141. The Morgan fingerprint density at radius 2 is 1.60 bits per heavy atom. The first kappa shape index (κ1) is 19.4. The number of unbranched alkanes of at least 4 members (excludes halogenated alkanes) is 3. The molecule has 1 N–H and O–H groups in total. The number of esters is 1. The number of carbonyl (C=O) groups excluding carboxylic acids is 1. The van der Waals surface area contributed by atoms with Gasteiger partial charge in [0.05, 0.1) is 6.61 Å². The topological polar surface area (TPSA) is 38.3 Å². The predicted octanol–water partition coefficient (Wildman–Crippen LogP) is 4.45. The molecule has 1 rings (SSSR count). The van der Waals surface area contributed by atoms with E-state index in [2.05, 4.69) is 39.9 Å². The van der Waals surface area contributed by atoms with E-state index in [-0.39, 0.29) is 5.97 Å². The average Bonchev–Trinajstić information content (AvgIpc) is 2.26. The summed E-state index contributed by atoms with van der Waals surface area (Å²) in [6.45, 7) is 13.3. The lowest BCUT2D eigenvalue weighted by atomic mass is 9.83. The van der Waals surface area contributed by atoms with Gasteiger partial charge in [-0.15, -0.1) is 0 Å². The molecule has 0 aromatic heterocycles. The van der Waals surface area contributed by atoms with Crippen LogP contribution >= 0.6 is 0 Å². The lowest BCUT2D eigenvalue weighted by Crippen LogP contribution is -2.55. The number of nitrogens with one attached hydrogen (secondary N) is 1. The molecule has 0 saturated carbocycles. The highest BCUT2D eigenvalue weighted by molar-refractivity contribution is 5.65. The van der Waals surface area contributed by atoms with Crippen LogP contribution in [0.15, 0.2) is 0 Å². The zero-order chi connectivity index (χ0) is 15.6. The smallest absolute Gasteiger partial charge is 0.302 e. The van der Waals surface area contributed by atoms with Gasteiger partial charge >= 0.3 is 5.97 Å². The van der Waals surface area contributed by atoms with Gasteiger partial charge in [0.2, 0.25) is 0 Å². The van der Waals surface area contributed by atoms with Crippen molar-refractivity contribution in [3.63, 3.8) is 0 Å². The standard InChI is InChI=1S/C9H19N.C8H16O2/c1-8(2)6-5-7-9(3,4)10-8;1-3-4-5-6-7-10-8(2)9/h10H,5-7H2,1-4H3;3-7H2,1-2H3. The molecule has 0 radical (unpaired) electrons. The largest absolute Gasteiger partial charge is 0.466 e. The minimum Gasteiger partial charge on any atom is -0.466 e. The second-order valence-corrected chi connectivity index (χ2v) is 7.15. The number of piperidine rings is 1. The van der Waals surface area contributed by atoms with Crippen LogP contribution in [-0.4, -0.2) is 23.7 Å². The average molecular weight is 285 g/mol. The van der Waals surface area contributed by atoms with Crippen molar-refractivity contribution >= 4 is 5.97 Å². The summed E-state index contributed by atoms with van der Waals surface area (Å²) in [4.78, 5) is 10.3. The predicted molar refractivity (Wildman–Crippen MR) is 85.9 cm³/mol. The molecule has 0 atom stereocenters. The van der Waals surface area contributed by atoms with E-state index in [4.69, 9.17) is 4.74 Å². The summed E-state index contributed by atoms with van der Waals surface area (Å²) in [5, 5.41) is 3.63. The molecule has 0 unspecified atom stereocenters. The Labute approximate surface area is 125 Å². The normalized spacial score (nSPS) is 19.7. The van der Waals surface area contributed by atoms with E-state index in [9.17, 15) is 4.79 Å². The van der Waals surface area contributed by atoms with Crippen molar-refractivity contribution in [2.45, 2.75) is 97.6 Å². The number of hydrogen-bond acceptors (Lipinski definition) is 3. The summed E-state index contributed by atoms with van der Waals surface area (Å²) in [6.07, 6.45) is 8.64. The molecule has 0 bridgehead atoms. The second-order valence-electron chi connectivity index (χ2n) is 7.15. The molecule has 0 aromatic carbocycles. The molecule has 120 valence electrons. The third-order valence-corrected chi connectivity index (χ3v) is 3.58.